The first-order valence-corrected chi connectivity index (χ1v) is 11.5. The van der Waals surface area contributed by atoms with Gasteiger partial charge in [0, 0.05) is 29.1 Å². The molecular weight excluding hydrogens is 490 g/mol. The van der Waals surface area contributed by atoms with Crippen LogP contribution in [0.2, 0.25) is 0 Å². The second-order valence-corrected chi connectivity index (χ2v) is 8.43. The molecule has 0 bridgehead atoms. The van der Waals surface area contributed by atoms with E-state index in [9.17, 15) is 9.59 Å². The van der Waals surface area contributed by atoms with Crippen molar-refractivity contribution in [2.45, 2.75) is 25.3 Å². The monoisotopic (exact) mass is 517 g/mol. The summed E-state index contributed by atoms with van der Waals surface area (Å²) in [7, 11) is 4.74. The third kappa shape index (κ3) is 6.28. The molecular formula is C25H28BrNO6. The minimum Gasteiger partial charge on any atom is -0.496 e. The molecule has 0 N–H and O–H groups in total. The lowest BCUT2D eigenvalue weighted by Crippen LogP contribution is -2.40. The summed E-state index contributed by atoms with van der Waals surface area (Å²) in [6.07, 6.45) is 5.06. The number of nitrogens with zero attached hydrogens (tertiary/aromatic N) is 1. The molecule has 1 amide bonds. The van der Waals surface area contributed by atoms with Crippen molar-refractivity contribution in [3.8, 4) is 17.2 Å². The van der Waals surface area contributed by atoms with Gasteiger partial charge >= 0.3 is 5.97 Å². The highest BCUT2D eigenvalue weighted by atomic mass is 79.9. The molecule has 1 fully saturated rings. The molecule has 0 aromatic heterocycles. The molecule has 1 saturated heterocycles. The van der Waals surface area contributed by atoms with Crippen molar-refractivity contribution >= 4 is 33.9 Å². The summed E-state index contributed by atoms with van der Waals surface area (Å²) in [6.45, 7) is 0.742. The van der Waals surface area contributed by atoms with Crippen molar-refractivity contribution in [2.24, 2.45) is 0 Å². The average Bonchev–Trinajstić information content (AvgIpc) is 3.32. The van der Waals surface area contributed by atoms with E-state index in [1.54, 1.807) is 32.3 Å². The van der Waals surface area contributed by atoms with Crippen LogP contribution in [0.5, 0.6) is 17.2 Å². The number of carbonyl (C=O) groups excluding carboxylic acids is 2. The zero-order valence-electron chi connectivity index (χ0n) is 19.0. The van der Waals surface area contributed by atoms with Crippen LogP contribution >= 0.6 is 15.9 Å². The number of methoxy groups -OCH3 is 3. The van der Waals surface area contributed by atoms with Crippen molar-refractivity contribution < 1.29 is 28.5 Å². The molecule has 0 unspecified atom stereocenters. The number of hydrogen-bond donors (Lipinski definition) is 0. The molecule has 2 aromatic rings. The van der Waals surface area contributed by atoms with Crippen LogP contribution in [0.4, 0.5) is 0 Å². The van der Waals surface area contributed by atoms with Crippen LogP contribution in [0.15, 0.2) is 46.9 Å². The van der Waals surface area contributed by atoms with Gasteiger partial charge in [-0.25, -0.2) is 4.79 Å². The Kier molecular flexibility index (Phi) is 8.77. The first-order chi connectivity index (χ1) is 16.0. The van der Waals surface area contributed by atoms with E-state index in [1.165, 1.54) is 6.08 Å². The van der Waals surface area contributed by atoms with E-state index < -0.39 is 6.04 Å². The summed E-state index contributed by atoms with van der Waals surface area (Å²) in [5.74, 6) is 1.33. The van der Waals surface area contributed by atoms with Crippen molar-refractivity contribution in [3.63, 3.8) is 0 Å². The SMILES string of the molecule is COc1ccc(Br)cc1/C=C/C(=O)N1CCC[C@H]1C(=O)OCCc1ccc(OC)c(OC)c1. The van der Waals surface area contributed by atoms with Gasteiger partial charge < -0.3 is 23.8 Å². The summed E-state index contributed by atoms with van der Waals surface area (Å²) in [4.78, 5) is 27.0. The van der Waals surface area contributed by atoms with Crippen molar-refractivity contribution in [1.82, 2.24) is 4.90 Å². The number of halogens is 1. The van der Waals surface area contributed by atoms with Gasteiger partial charge in [-0.3, -0.25) is 4.79 Å². The van der Waals surface area contributed by atoms with E-state index in [0.717, 1.165) is 22.0 Å². The molecule has 2 aromatic carbocycles. The van der Waals surface area contributed by atoms with E-state index in [1.807, 2.05) is 36.4 Å². The van der Waals surface area contributed by atoms with Crippen molar-refractivity contribution in [1.29, 1.82) is 0 Å². The molecule has 1 aliphatic heterocycles. The quantitative estimate of drug-likeness (QED) is 0.365. The molecule has 1 heterocycles. The van der Waals surface area contributed by atoms with Gasteiger partial charge in [0.25, 0.3) is 0 Å². The van der Waals surface area contributed by atoms with Gasteiger partial charge in [0.15, 0.2) is 11.5 Å². The van der Waals surface area contributed by atoms with Gasteiger partial charge in [0.2, 0.25) is 5.91 Å². The highest BCUT2D eigenvalue weighted by Gasteiger charge is 2.34. The Morgan fingerprint density at radius 2 is 1.76 bits per heavy atom. The van der Waals surface area contributed by atoms with Crippen LogP contribution in [0.25, 0.3) is 6.08 Å². The molecule has 1 aliphatic rings. The Bertz CT molecular complexity index is 1020. The lowest BCUT2D eigenvalue weighted by atomic mass is 10.1. The van der Waals surface area contributed by atoms with Crippen molar-refractivity contribution in [2.75, 3.05) is 34.5 Å². The second-order valence-electron chi connectivity index (χ2n) is 7.52. The molecule has 0 saturated carbocycles. The minimum absolute atomic E-state index is 0.220. The minimum atomic E-state index is -0.572. The Labute approximate surface area is 202 Å². The van der Waals surface area contributed by atoms with Crippen LogP contribution in [-0.4, -0.2) is 57.3 Å². The number of ether oxygens (including phenoxy) is 4. The predicted molar refractivity (Wildman–Crippen MR) is 129 cm³/mol. The van der Waals surface area contributed by atoms with E-state index in [0.29, 0.717) is 36.6 Å². The number of likely N-dealkylation sites (tertiary alicyclic amines) is 1. The zero-order valence-corrected chi connectivity index (χ0v) is 20.6. The highest BCUT2D eigenvalue weighted by molar-refractivity contribution is 9.10. The predicted octanol–water partition coefficient (Wildman–Crippen LogP) is 4.27. The van der Waals surface area contributed by atoms with Gasteiger partial charge in [0.05, 0.1) is 27.9 Å². The largest absolute Gasteiger partial charge is 0.496 e. The van der Waals surface area contributed by atoms with E-state index in [2.05, 4.69) is 15.9 Å². The maximum Gasteiger partial charge on any atom is 0.328 e. The third-order valence-corrected chi connectivity index (χ3v) is 5.98. The van der Waals surface area contributed by atoms with Crippen LogP contribution in [-0.2, 0) is 20.7 Å². The Morgan fingerprint density at radius 1 is 1.03 bits per heavy atom. The number of esters is 1. The first-order valence-electron chi connectivity index (χ1n) is 10.7. The van der Waals surface area contributed by atoms with Crippen molar-refractivity contribution in [3.05, 3.63) is 58.1 Å². The standard InChI is InChI=1S/C25H28BrNO6/c1-30-21-10-8-19(26)16-18(21)7-11-24(28)27-13-4-5-20(27)25(29)33-14-12-17-6-9-22(31-2)23(15-17)32-3/h6-11,15-16,20H,4-5,12-14H2,1-3H3/b11-7+/t20-/m0/s1. The molecule has 0 radical (unpaired) electrons. The second kappa shape index (κ2) is 11.7. The van der Waals surface area contributed by atoms with Gasteiger partial charge in [-0.05, 0) is 54.8 Å². The fraction of sp³-hybridized carbons (Fsp3) is 0.360. The molecule has 33 heavy (non-hydrogen) atoms. The number of benzene rings is 2. The highest BCUT2D eigenvalue weighted by Crippen LogP contribution is 2.28. The van der Waals surface area contributed by atoms with Gasteiger partial charge in [-0.2, -0.15) is 0 Å². The first kappa shape index (κ1) is 24.6. The molecule has 176 valence electrons. The van der Waals surface area contributed by atoms with Crippen LogP contribution in [0.3, 0.4) is 0 Å². The lowest BCUT2D eigenvalue weighted by molar-refractivity contribution is -0.152. The maximum atomic E-state index is 12.8. The van der Waals surface area contributed by atoms with E-state index in [-0.39, 0.29) is 18.5 Å². The lowest BCUT2D eigenvalue weighted by Gasteiger charge is -2.22. The summed E-state index contributed by atoms with van der Waals surface area (Å²) in [5, 5.41) is 0. The zero-order chi connectivity index (χ0) is 23.8. The third-order valence-electron chi connectivity index (χ3n) is 5.49. The summed E-state index contributed by atoms with van der Waals surface area (Å²) in [6, 6.07) is 10.6. The number of rotatable bonds is 9. The molecule has 0 spiro atoms. The van der Waals surface area contributed by atoms with Gasteiger partial charge in [0.1, 0.15) is 11.8 Å². The van der Waals surface area contributed by atoms with Gasteiger partial charge in [-0.15, -0.1) is 0 Å². The smallest absolute Gasteiger partial charge is 0.328 e. The Morgan fingerprint density at radius 3 is 2.48 bits per heavy atom. The van der Waals surface area contributed by atoms with Gasteiger partial charge in [-0.1, -0.05) is 22.0 Å². The summed E-state index contributed by atoms with van der Waals surface area (Å²) < 4.78 is 22.3. The summed E-state index contributed by atoms with van der Waals surface area (Å²) >= 11 is 3.42. The topological polar surface area (TPSA) is 74.3 Å². The molecule has 7 nitrogen and oxygen atoms in total. The maximum absolute atomic E-state index is 12.8. The van der Waals surface area contributed by atoms with Crippen LogP contribution in [0.1, 0.15) is 24.0 Å². The molecule has 0 aliphatic carbocycles. The summed E-state index contributed by atoms with van der Waals surface area (Å²) in [5.41, 5.74) is 1.74. The number of hydrogen-bond acceptors (Lipinski definition) is 6. The fourth-order valence-electron chi connectivity index (χ4n) is 3.77. The molecule has 1 atom stereocenters. The fourth-order valence-corrected chi connectivity index (χ4v) is 4.15. The number of carbonyl (C=O) groups is 2. The average molecular weight is 518 g/mol. The van der Waals surface area contributed by atoms with E-state index >= 15 is 0 Å². The van der Waals surface area contributed by atoms with Crippen LogP contribution in [0, 0.1) is 0 Å². The van der Waals surface area contributed by atoms with Crippen LogP contribution < -0.4 is 14.2 Å². The molecule has 8 heteroatoms. The Hall–Kier alpha value is -3.00. The molecule has 3 rings (SSSR count). The van der Waals surface area contributed by atoms with E-state index in [4.69, 9.17) is 18.9 Å². The Balaban J connectivity index is 1.57. The normalized spacial score (nSPS) is 15.5. The number of amides is 1.